The first-order valence-electron chi connectivity index (χ1n) is 10.2. The molecule has 0 saturated carbocycles. The summed E-state index contributed by atoms with van der Waals surface area (Å²) in [5, 5.41) is 0. The fraction of sp³-hybridized carbons (Fsp3) is 0.154. The molecule has 0 bridgehead atoms. The highest BCUT2D eigenvalue weighted by Gasteiger charge is 2.39. The summed E-state index contributed by atoms with van der Waals surface area (Å²) in [6, 6.07) is 31.1. The summed E-state index contributed by atoms with van der Waals surface area (Å²) in [5.41, 5.74) is 3.40. The number of benzene rings is 3. The number of esters is 1. The van der Waals surface area contributed by atoms with Gasteiger partial charge in [0.2, 0.25) is 0 Å². The van der Waals surface area contributed by atoms with Gasteiger partial charge in [-0.1, -0.05) is 123 Å². The van der Waals surface area contributed by atoms with Crippen molar-refractivity contribution in [3.63, 3.8) is 0 Å². The molecule has 0 radical (unpaired) electrons. The van der Waals surface area contributed by atoms with Gasteiger partial charge < -0.3 is 9.30 Å². The first-order valence-corrected chi connectivity index (χ1v) is 12.0. The summed E-state index contributed by atoms with van der Waals surface area (Å²) in [6.45, 7) is 0. The minimum absolute atomic E-state index is 0.351. The molecule has 2 atom stereocenters. The zero-order chi connectivity index (χ0) is 22.6. The van der Waals surface area contributed by atoms with Crippen molar-refractivity contribution < 1.29 is 9.53 Å². The van der Waals surface area contributed by atoms with Gasteiger partial charge in [-0.15, -0.1) is 0 Å². The van der Waals surface area contributed by atoms with Crippen molar-refractivity contribution in [2.75, 3.05) is 7.11 Å². The van der Waals surface area contributed by atoms with Crippen LogP contribution in [-0.4, -0.2) is 27.5 Å². The number of alkyl halides is 2. The molecule has 4 nitrogen and oxygen atoms in total. The maximum Gasteiger partial charge on any atom is 0.321 e. The Morgan fingerprint density at radius 2 is 1.28 bits per heavy atom. The molecule has 0 aliphatic rings. The van der Waals surface area contributed by atoms with Gasteiger partial charge in [0.15, 0.2) is 0 Å². The molecule has 4 aromatic rings. The van der Waals surface area contributed by atoms with Gasteiger partial charge in [0.05, 0.1) is 24.0 Å². The number of carbonyl (C=O) groups is 1. The Hall–Kier alpha value is -2.70. The van der Waals surface area contributed by atoms with E-state index >= 15 is 0 Å². The van der Waals surface area contributed by atoms with E-state index in [4.69, 9.17) is 4.74 Å². The standard InChI is InChI=1S/C26H22Br2N2O2/c1-32-25(31)24(28)23(27)22-17-30(18-29-22)26(19-11-5-2-6-12-19,20-13-7-3-8-14-20)21-15-9-4-10-16-21/h2-18,23-24H,1H3/t23-,24-/m1/s1. The Balaban J connectivity index is 1.96. The highest BCUT2D eigenvalue weighted by atomic mass is 79.9. The molecule has 0 saturated heterocycles. The number of imidazole rings is 1. The lowest BCUT2D eigenvalue weighted by Gasteiger charge is -2.37. The minimum atomic E-state index is -0.644. The zero-order valence-electron chi connectivity index (χ0n) is 17.4. The fourth-order valence-corrected chi connectivity index (χ4v) is 4.94. The van der Waals surface area contributed by atoms with Crippen LogP contribution in [0.1, 0.15) is 27.2 Å². The first kappa shape index (κ1) is 22.5. The number of aromatic nitrogens is 2. The number of ether oxygens (including phenoxy) is 1. The minimum Gasteiger partial charge on any atom is -0.468 e. The van der Waals surface area contributed by atoms with Crippen LogP contribution in [0.5, 0.6) is 0 Å². The first-order chi connectivity index (χ1) is 15.6. The fourth-order valence-electron chi connectivity index (χ4n) is 4.03. The van der Waals surface area contributed by atoms with Crippen molar-refractivity contribution in [2.24, 2.45) is 0 Å². The van der Waals surface area contributed by atoms with Crippen LogP contribution in [0.3, 0.4) is 0 Å². The van der Waals surface area contributed by atoms with Crippen LogP contribution in [0, 0.1) is 0 Å². The quantitative estimate of drug-likeness (QED) is 0.158. The van der Waals surface area contributed by atoms with Crippen LogP contribution in [0.2, 0.25) is 0 Å². The number of rotatable bonds is 7. The number of hydrogen-bond acceptors (Lipinski definition) is 3. The molecule has 1 aromatic heterocycles. The van der Waals surface area contributed by atoms with Gasteiger partial charge in [-0.2, -0.15) is 0 Å². The number of methoxy groups -OCH3 is 1. The smallest absolute Gasteiger partial charge is 0.321 e. The second-order valence-corrected chi connectivity index (χ2v) is 9.31. The van der Waals surface area contributed by atoms with E-state index in [9.17, 15) is 4.79 Å². The zero-order valence-corrected chi connectivity index (χ0v) is 20.6. The molecule has 0 aliphatic heterocycles. The van der Waals surface area contributed by atoms with Crippen molar-refractivity contribution in [3.8, 4) is 0 Å². The summed E-state index contributed by atoms with van der Waals surface area (Å²) in [4.78, 5) is 15.8. The summed E-state index contributed by atoms with van der Waals surface area (Å²) in [5.74, 6) is -0.359. The van der Waals surface area contributed by atoms with E-state index in [1.165, 1.54) is 7.11 Å². The van der Waals surface area contributed by atoms with Gasteiger partial charge in [-0.05, 0) is 16.7 Å². The molecule has 0 spiro atoms. The van der Waals surface area contributed by atoms with Crippen molar-refractivity contribution in [1.82, 2.24) is 9.55 Å². The SMILES string of the molecule is COC(=O)[C@H](Br)[C@H](Br)c1cn(C(c2ccccc2)(c2ccccc2)c2ccccc2)cn1. The predicted molar refractivity (Wildman–Crippen MR) is 133 cm³/mol. The van der Waals surface area contributed by atoms with Gasteiger partial charge in [0.1, 0.15) is 10.4 Å². The van der Waals surface area contributed by atoms with Gasteiger partial charge in [0.25, 0.3) is 0 Å². The molecular formula is C26H22Br2N2O2. The molecule has 32 heavy (non-hydrogen) atoms. The number of nitrogens with zero attached hydrogens (tertiary/aromatic N) is 2. The van der Waals surface area contributed by atoms with Crippen LogP contribution in [-0.2, 0) is 15.1 Å². The van der Waals surface area contributed by atoms with E-state index in [0.717, 1.165) is 22.4 Å². The van der Waals surface area contributed by atoms with E-state index in [2.05, 4.69) is 77.8 Å². The van der Waals surface area contributed by atoms with Gasteiger partial charge in [-0.25, -0.2) is 4.98 Å². The van der Waals surface area contributed by atoms with Gasteiger partial charge in [0, 0.05) is 6.20 Å². The summed E-state index contributed by atoms with van der Waals surface area (Å²) in [6.07, 6.45) is 3.82. The molecule has 0 N–H and O–H groups in total. The van der Waals surface area contributed by atoms with Gasteiger partial charge >= 0.3 is 5.97 Å². The lowest BCUT2D eigenvalue weighted by atomic mass is 9.77. The summed E-state index contributed by atoms with van der Waals surface area (Å²) < 4.78 is 7.00. The van der Waals surface area contributed by atoms with Crippen LogP contribution in [0.4, 0.5) is 0 Å². The molecule has 6 heteroatoms. The molecular weight excluding hydrogens is 532 g/mol. The largest absolute Gasteiger partial charge is 0.468 e. The van der Waals surface area contributed by atoms with Crippen LogP contribution < -0.4 is 0 Å². The predicted octanol–water partition coefficient (Wildman–Crippen LogP) is 6.10. The molecule has 0 fully saturated rings. The van der Waals surface area contributed by atoms with Crippen LogP contribution >= 0.6 is 31.9 Å². The highest BCUT2D eigenvalue weighted by Crippen LogP contribution is 2.42. The van der Waals surface area contributed by atoms with E-state index in [-0.39, 0.29) is 10.8 Å². The Morgan fingerprint density at radius 1 is 0.844 bits per heavy atom. The third-order valence-electron chi connectivity index (χ3n) is 5.53. The molecule has 0 unspecified atom stereocenters. The average molecular weight is 554 g/mol. The molecule has 3 aromatic carbocycles. The summed E-state index contributed by atoms with van der Waals surface area (Å²) >= 11 is 7.05. The lowest BCUT2D eigenvalue weighted by Crippen LogP contribution is -2.37. The second-order valence-electron chi connectivity index (χ2n) is 7.34. The van der Waals surface area contributed by atoms with Crippen molar-refractivity contribution in [3.05, 3.63) is 126 Å². The summed E-state index contributed by atoms with van der Waals surface area (Å²) in [7, 11) is 1.38. The molecule has 0 aliphatic carbocycles. The molecule has 4 rings (SSSR count). The topological polar surface area (TPSA) is 44.1 Å². The third-order valence-corrected chi connectivity index (χ3v) is 8.14. The maximum atomic E-state index is 12.1. The Kier molecular flexibility index (Phi) is 6.92. The van der Waals surface area contributed by atoms with Crippen LogP contribution in [0.15, 0.2) is 104 Å². The van der Waals surface area contributed by atoms with Crippen LogP contribution in [0.25, 0.3) is 0 Å². The van der Waals surface area contributed by atoms with E-state index < -0.39 is 10.4 Å². The lowest BCUT2D eigenvalue weighted by molar-refractivity contribution is -0.139. The Labute approximate surface area is 204 Å². The second kappa shape index (κ2) is 9.84. The van der Waals surface area contributed by atoms with Crippen molar-refractivity contribution in [1.29, 1.82) is 0 Å². The van der Waals surface area contributed by atoms with Crippen molar-refractivity contribution >= 4 is 37.8 Å². The molecule has 0 amide bonds. The number of hydrogen-bond donors (Lipinski definition) is 0. The number of halogens is 2. The highest BCUT2D eigenvalue weighted by molar-refractivity contribution is 9.12. The third kappa shape index (κ3) is 4.05. The van der Waals surface area contributed by atoms with E-state index in [1.807, 2.05) is 67.1 Å². The van der Waals surface area contributed by atoms with Gasteiger partial charge in [-0.3, -0.25) is 4.79 Å². The van der Waals surface area contributed by atoms with E-state index in [0.29, 0.717) is 0 Å². The molecule has 1 heterocycles. The maximum absolute atomic E-state index is 12.1. The normalized spacial score (nSPS) is 13.3. The molecule has 162 valence electrons. The van der Waals surface area contributed by atoms with Crippen molar-refractivity contribution in [2.45, 2.75) is 15.2 Å². The average Bonchev–Trinajstić information content (AvgIpc) is 3.35. The monoisotopic (exact) mass is 552 g/mol. The Bertz CT molecular complexity index is 1070. The number of carbonyl (C=O) groups excluding carboxylic acids is 1. The Morgan fingerprint density at radius 3 is 1.69 bits per heavy atom. The van der Waals surface area contributed by atoms with E-state index in [1.54, 1.807) is 0 Å².